The highest BCUT2D eigenvalue weighted by Gasteiger charge is 2.37. The van der Waals surface area contributed by atoms with Crippen molar-refractivity contribution in [3.63, 3.8) is 0 Å². The van der Waals surface area contributed by atoms with E-state index < -0.39 is 6.09 Å². The lowest BCUT2D eigenvalue weighted by atomic mass is 9.80. The third kappa shape index (κ3) is 9.66. The molecule has 1 N–H and O–H groups in total. The standard InChI is InChI=1S/C33H47NO7/c1-22(2)27(15-14-26-20-28(23(3)4)32(35)41-26)31(34-33(36)40-21-24-11-8-7-9-12-24)25-13-16-29(38-6)30(19-25)39-18-10-17-37-5/h7-9,11-13,16,19,22-23,26-28,31H,10,14-15,17-18,20-21H2,1-6H3,(H,34,36). The molecule has 0 saturated carbocycles. The zero-order chi connectivity index (χ0) is 29.8. The molecule has 0 radical (unpaired) electrons. The van der Waals surface area contributed by atoms with Gasteiger partial charge in [-0.25, -0.2) is 4.79 Å². The van der Waals surface area contributed by atoms with Crippen LogP contribution in [-0.4, -0.2) is 45.6 Å². The molecule has 1 amide bonds. The zero-order valence-electron chi connectivity index (χ0n) is 25.4. The second-order valence-corrected chi connectivity index (χ2v) is 11.4. The number of carbonyl (C=O) groups is 2. The van der Waals surface area contributed by atoms with Gasteiger partial charge in [-0.05, 0) is 60.3 Å². The zero-order valence-corrected chi connectivity index (χ0v) is 25.4. The molecule has 4 atom stereocenters. The molecule has 3 rings (SSSR count). The topological polar surface area (TPSA) is 92.3 Å². The molecule has 41 heavy (non-hydrogen) atoms. The number of hydrogen-bond donors (Lipinski definition) is 1. The average molecular weight is 570 g/mol. The fraction of sp³-hybridized carbons (Fsp3) is 0.576. The molecule has 0 spiro atoms. The summed E-state index contributed by atoms with van der Waals surface area (Å²) in [5, 5.41) is 3.15. The van der Waals surface area contributed by atoms with E-state index in [0.29, 0.717) is 24.7 Å². The van der Waals surface area contributed by atoms with Crippen molar-refractivity contribution in [3.8, 4) is 11.5 Å². The summed E-state index contributed by atoms with van der Waals surface area (Å²) < 4.78 is 28.1. The third-order valence-corrected chi connectivity index (χ3v) is 7.80. The minimum absolute atomic E-state index is 0.0470. The molecular weight excluding hydrogens is 522 g/mol. The minimum atomic E-state index is -0.491. The molecule has 1 heterocycles. The number of benzene rings is 2. The maximum atomic E-state index is 13.1. The summed E-state index contributed by atoms with van der Waals surface area (Å²) in [4.78, 5) is 25.5. The molecular formula is C33H47NO7. The Labute approximate surface area is 245 Å². The lowest BCUT2D eigenvalue weighted by Gasteiger charge is -2.32. The van der Waals surface area contributed by atoms with Crippen molar-refractivity contribution in [2.45, 2.75) is 72.1 Å². The number of rotatable bonds is 16. The van der Waals surface area contributed by atoms with Crippen molar-refractivity contribution in [3.05, 3.63) is 59.7 Å². The highest BCUT2D eigenvalue weighted by Crippen LogP contribution is 2.39. The molecule has 2 aromatic rings. The fourth-order valence-corrected chi connectivity index (χ4v) is 5.38. The number of esters is 1. The highest BCUT2D eigenvalue weighted by atomic mass is 16.6. The van der Waals surface area contributed by atoms with Gasteiger partial charge in [-0.15, -0.1) is 0 Å². The van der Waals surface area contributed by atoms with Crippen LogP contribution in [0, 0.1) is 23.7 Å². The van der Waals surface area contributed by atoms with Gasteiger partial charge < -0.3 is 29.0 Å². The smallest absolute Gasteiger partial charge is 0.407 e. The van der Waals surface area contributed by atoms with E-state index in [0.717, 1.165) is 36.8 Å². The Kier molecular flexibility index (Phi) is 12.8. The molecule has 2 aromatic carbocycles. The lowest BCUT2D eigenvalue weighted by molar-refractivity contribution is -0.145. The van der Waals surface area contributed by atoms with E-state index in [2.05, 4.69) is 33.0 Å². The Balaban J connectivity index is 1.82. The summed E-state index contributed by atoms with van der Waals surface area (Å²) in [5.74, 6) is 1.59. The molecule has 1 aliphatic rings. The van der Waals surface area contributed by atoms with Crippen molar-refractivity contribution in [1.29, 1.82) is 0 Å². The first-order valence-electron chi connectivity index (χ1n) is 14.7. The first-order chi connectivity index (χ1) is 19.7. The van der Waals surface area contributed by atoms with Crippen molar-refractivity contribution in [1.82, 2.24) is 5.32 Å². The van der Waals surface area contributed by atoms with Crippen LogP contribution in [0.3, 0.4) is 0 Å². The predicted octanol–water partition coefficient (Wildman–Crippen LogP) is 6.72. The molecule has 1 saturated heterocycles. The molecule has 0 aliphatic carbocycles. The molecule has 0 bridgehead atoms. The van der Waals surface area contributed by atoms with Crippen molar-refractivity contribution < 1.29 is 33.3 Å². The molecule has 4 unspecified atom stereocenters. The van der Waals surface area contributed by atoms with E-state index >= 15 is 0 Å². The van der Waals surface area contributed by atoms with Crippen LogP contribution in [0.4, 0.5) is 4.79 Å². The van der Waals surface area contributed by atoms with Gasteiger partial charge in [-0.3, -0.25) is 4.79 Å². The van der Waals surface area contributed by atoms with Gasteiger partial charge in [0, 0.05) is 20.1 Å². The molecule has 8 heteroatoms. The quantitative estimate of drug-likeness (QED) is 0.177. The van der Waals surface area contributed by atoms with Crippen LogP contribution in [0.25, 0.3) is 0 Å². The van der Waals surface area contributed by atoms with E-state index in [1.54, 1.807) is 14.2 Å². The largest absolute Gasteiger partial charge is 0.493 e. The van der Waals surface area contributed by atoms with Gasteiger partial charge in [0.05, 0.1) is 25.7 Å². The van der Waals surface area contributed by atoms with Crippen LogP contribution < -0.4 is 14.8 Å². The number of amides is 1. The number of nitrogens with one attached hydrogen (secondary N) is 1. The van der Waals surface area contributed by atoms with Gasteiger partial charge in [0.15, 0.2) is 11.5 Å². The Morgan fingerprint density at radius 3 is 2.41 bits per heavy atom. The van der Waals surface area contributed by atoms with E-state index in [1.165, 1.54) is 0 Å². The monoisotopic (exact) mass is 569 g/mol. The first-order valence-corrected chi connectivity index (χ1v) is 14.7. The molecule has 0 aromatic heterocycles. The van der Waals surface area contributed by atoms with Gasteiger partial charge in [0.1, 0.15) is 12.7 Å². The number of hydrogen-bond acceptors (Lipinski definition) is 7. The summed E-state index contributed by atoms with van der Waals surface area (Å²) in [6.07, 6.45) is 2.36. The number of carbonyl (C=O) groups excluding carboxylic acids is 2. The average Bonchev–Trinajstić information content (AvgIpc) is 3.34. The normalized spacial score (nSPS) is 18.2. The summed E-state index contributed by atoms with van der Waals surface area (Å²) in [5.41, 5.74) is 1.81. The Hall–Kier alpha value is -3.26. The first kappa shape index (κ1) is 32.3. The van der Waals surface area contributed by atoms with E-state index in [4.69, 9.17) is 23.7 Å². The minimum Gasteiger partial charge on any atom is -0.493 e. The van der Waals surface area contributed by atoms with Crippen LogP contribution in [0.5, 0.6) is 11.5 Å². The van der Waals surface area contributed by atoms with Crippen LogP contribution in [0.15, 0.2) is 48.5 Å². The van der Waals surface area contributed by atoms with Crippen LogP contribution >= 0.6 is 0 Å². The number of ether oxygens (including phenoxy) is 5. The second-order valence-electron chi connectivity index (χ2n) is 11.4. The molecule has 1 aliphatic heterocycles. The van der Waals surface area contributed by atoms with E-state index in [9.17, 15) is 9.59 Å². The van der Waals surface area contributed by atoms with E-state index in [1.807, 2.05) is 48.5 Å². The molecule has 8 nitrogen and oxygen atoms in total. The van der Waals surface area contributed by atoms with Gasteiger partial charge in [0.2, 0.25) is 0 Å². The Bertz CT molecular complexity index is 1090. The number of alkyl carbamates (subject to hydrolysis) is 1. The summed E-state index contributed by atoms with van der Waals surface area (Å²) in [7, 11) is 3.27. The van der Waals surface area contributed by atoms with Crippen molar-refractivity contribution >= 4 is 12.1 Å². The lowest BCUT2D eigenvalue weighted by Crippen LogP contribution is -2.36. The number of cyclic esters (lactones) is 1. The van der Waals surface area contributed by atoms with Crippen molar-refractivity contribution in [2.24, 2.45) is 23.7 Å². The second kappa shape index (κ2) is 16.2. The van der Waals surface area contributed by atoms with Crippen LogP contribution in [0.2, 0.25) is 0 Å². The van der Waals surface area contributed by atoms with Gasteiger partial charge in [0.25, 0.3) is 0 Å². The maximum Gasteiger partial charge on any atom is 0.407 e. The summed E-state index contributed by atoms with van der Waals surface area (Å²) in [6, 6.07) is 15.0. The highest BCUT2D eigenvalue weighted by molar-refractivity contribution is 5.74. The van der Waals surface area contributed by atoms with Crippen LogP contribution in [0.1, 0.15) is 70.5 Å². The Morgan fingerprint density at radius 1 is 1.02 bits per heavy atom. The summed E-state index contributed by atoms with van der Waals surface area (Å²) >= 11 is 0. The molecule has 226 valence electrons. The van der Waals surface area contributed by atoms with Crippen LogP contribution in [-0.2, 0) is 25.6 Å². The SMILES string of the molecule is COCCCOc1cc(C(NC(=O)OCc2ccccc2)C(CCC2CC(C(C)C)C(=O)O2)C(C)C)ccc1OC. The maximum absolute atomic E-state index is 13.1. The number of methoxy groups -OCH3 is 2. The predicted molar refractivity (Wildman–Crippen MR) is 158 cm³/mol. The van der Waals surface area contributed by atoms with Crippen molar-refractivity contribution in [2.75, 3.05) is 27.4 Å². The van der Waals surface area contributed by atoms with Gasteiger partial charge in [-0.2, -0.15) is 0 Å². The Morgan fingerprint density at radius 2 is 1.78 bits per heavy atom. The fourth-order valence-electron chi connectivity index (χ4n) is 5.38. The molecule has 1 fully saturated rings. The van der Waals surface area contributed by atoms with Gasteiger partial charge >= 0.3 is 12.1 Å². The van der Waals surface area contributed by atoms with Gasteiger partial charge in [-0.1, -0.05) is 64.1 Å². The summed E-state index contributed by atoms with van der Waals surface area (Å²) in [6.45, 7) is 9.67. The third-order valence-electron chi connectivity index (χ3n) is 7.80. The van der Waals surface area contributed by atoms with E-state index in [-0.39, 0.29) is 48.4 Å².